The van der Waals surface area contributed by atoms with Gasteiger partial charge in [-0.25, -0.2) is 4.98 Å². The van der Waals surface area contributed by atoms with Crippen LogP contribution in [-0.2, 0) is 0 Å². The number of aromatic nitrogens is 1. The Morgan fingerprint density at radius 3 is 2.60 bits per heavy atom. The van der Waals surface area contributed by atoms with Crippen LogP contribution in [0.5, 0.6) is 0 Å². The van der Waals surface area contributed by atoms with Crippen LogP contribution in [0, 0.1) is 12.8 Å². The molecule has 1 aliphatic rings. The number of hydrogen-bond donors (Lipinski definition) is 0. The topological polar surface area (TPSA) is 19.4 Å². The Morgan fingerprint density at radius 2 is 1.92 bits per heavy atom. The van der Waals surface area contributed by atoms with E-state index in [-0.39, 0.29) is 0 Å². The Balaban J connectivity index is 2.04. The highest BCUT2D eigenvalue weighted by atomic mass is 15.2. The zero-order valence-corrected chi connectivity index (χ0v) is 16.4. The summed E-state index contributed by atoms with van der Waals surface area (Å²) in [6, 6.07) is 9.17. The highest BCUT2D eigenvalue weighted by Gasteiger charge is 2.20. The van der Waals surface area contributed by atoms with Gasteiger partial charge in [0.2, 0.25) is 0 Å². The number of rotatable bonds is 6. The van der Waals surface area contributed by atoms with Crippen LogP contribution < -0.4 is 9.80 Å². The summed E-state index contributed by atoms with van der Waals surface area (Å²) in [5.41, 5.74) is 2.46. The zero-order valence-electron chi connectivity index (χ0n) is 16.4. The van der Waals surface area contributed by atoms with Crippen molar-refractivity contribution in [1.29, 1.82) is 0 Å². The lowest BCUT2D eigenvalue weighted by molar-refractivity contribution is 0.445. The van der Waals surface area contributed by atoms with Gasteiger partial charge in [-0.2, -0.15) is 0 Å². The fraction of sp³-hybridized carbons (Fsp3) is 0.591. The molecule has 1 aliphatic heterocycles. The van der Waals surface area contributed by atoms with Crippen LogP contribution in [0.2, 0.25) is 0 Å². The van der Waals surface area contributed by atoms with E-state index in [1.54, 1.807) is 0 Å². The smallest absolute Gasteiger partial charge is 0.136 e. The molecular weight excluding hydrogens is 306 g/mol. The SMILES string of the molecule is CCCN(CCC)c1ccc2cc(C)nc(N3CCC[C@H](C)C3)c2c1. The Labute approximate surface area is 153 Å². The first-order chi connectivity index (χ1) is 12.1. The minimum Gasteiger partial charge on any atom is -0.372 e. The second-order valence-electron chi connectivity index (χ2n) is 7.67. The number of fused-ring (bicyclic) bond motifs is 1. The van der Waals surface area contributed by atoms with Crippen molar-refractivity contribution in [3.63, 3.8) is 0 Å². The van der Waals surface area contributed by atoms with E-state index >= 15 is 0 Å². The molecular formula is C22H33N3. The normalized spacial score (nSPS) is 17.9. The monoisotopic (exact) mass is 339 g/mol. The van der Waals surface area contributed by atoms with Gasteiger partial charge < -0.3 is 9.80 Å². The van der Waals surface area contributed by atoms with Crippen LogP contribution >= 0.6 is 0 Å². The molecule has 2 heterocycles. The second kappa shape index (κ2) is 8.07. The van der Waals surface area contributed by atoms with Crippen LogP contribution in [0.25, 0.3) is 10.8 Å². The molecule has 0 N–H and O–H groups in total. The van der Waals surface area contributed by atoms with Gasteiger partial charge in [0.1, 0.15) is 5.82 Å². The summed E-state index contributed by atoms with van der Waals surface area (Å²) in [5.74, 6) is 1.95. The summed E-state index contributed by atoms with van der Waals surface area (Å²) >= 11 is 0. The van der Waals surface area contributed by atoms with Gasteiger partial charge in [0.05, 0.1) is 0 Å². The molecule has 0 unspecified atom stereocenters. The first-order valence-electron chi connectivity index (χ1n) is 10.0. The van der Waals surface area contributed by atoms with E-state index in [0.717, 1.165) is 37.8 Å². The molecule has 1 aromatic carbocycles. The zero-order chi connectivity index (χ0) is 17.8. The third kappa shape index (κ3) is 4.08. The average molecular weight is 340 g/mol. The molecule has 3 heteroatoms. The maximum absolute atomic E-state index is 4.96. The molecule has 0 aliphatic carbocycles. The molecule has 1 aromatic heterocycles. The van der Waals surface area contributed by atoms with E-state index in [1.165, 1.54) is 48.0 Å². The molecule has 136 valence electrons. The largest absolute Gasteiger partial charge is 0.372 e. The molecule has 3 rings (SSSR count). The highest BCUT2D eigenvalue weighted by molar-refractivity contribution is 5.95. The summed E-state index contributed by atoms with van der Waals surface area (Å²) < 4.78 is 0. The molecule has 0 radical (unpaired) electrons. The lowest BCUT2D eigenvalue weighted by Gasteiger charge is -2.33. The number of anilines is 2. The van der Waals surface area contributed by atoms with Gasteiger partial charge in [0.25, 0.3) is 0 Å². The molecule has 1 saturated heterocycles. The molecule has 0 amide bonds. The molecule has 2 aromatic rings. The summed E-state index contributed by atoms with van der Waals surface area (Å²) in [4.78, 5) is 9.99. The van der Waals surface area contributed by atoms with Gasteiger partial charge in [-0.1, -0.05) is 26.8 Å². The Morgan fingerprint density at radius 1 is 1.16 bits per heavy atom. The predicted molar refractivity (Wildman–Crippen MR) is 110 cm³/mol. The van der Waals surface area contributed by atoms with Crippen molar-refractivity contribution in [2.24, 2.45) is 5.92 Å². The lowest BCUT2D eigenvalue weighted by Crippen LogP contribution is -2.35. The number of pyridine rings is 1. The molecule has 3 nitrogen and oxygen atoms in total. The van der Waals surface area contributed by atoms with Crippen molar-refractivity contribution < 1.29 is 0 Å². The van der Waals surface area contributed by atoms with Crippen LogP contribution in [0.3, 0.4) is 0 Å². The van der Waals surface area contributed by atoms with E-state index in [0.29, 0.717) is 0 Å². The third-order valence-electron chi connectivity index (χ3n) is 5.23. The van der Waals surface area contributed by atoms with E-state index in [9.17, 15) is 0 Å². The number of hydrogen-bond acceptors (Lipinski definition) is 3. The molecule has 1 fully saturated rings. The van der Waals surface area contributed by atoms with Gasteiger partial charge in [0.15, 0.2) is 0 Å². The molecule has 25 heavy (non-hydrogen) atoms. The number of piperidine rings is 1. The fourth-order valence-electron chi connectivity index (χ4n) is 4.08. The average Bonchev–Trinajstić information content (AvgIpc) is 2.60. The number of aryl methyl sites for hydroxylation is 1. The predicted octanol–water partition coefficient (Wildman–Crippen LogP) is 5.41. The van der Waals surface area contributed by atoms with Crippen molar-refractivity contribution in [2.75, 3.05) is 36.0 Å². The van der Waals surface area contributed by atoms with E-state index in [2.05, 4.69) is 61.8 Å². The van der Waals surface area contributed by atoms with Crippen LogP contribution in [0.4, 0.5) is 11.5 Å². The van der Waals surface area contributed by atoms with Crippen molar-refractivity contribution in [2.45, 2.75) is 53.4 Å². The first kappa shape index (κ1) is 18.0. The number of benzene rings is 1. The lowest BCUT2D eigenvalue weighted by atomic mass is 9.99. The molecule has 0 saturated carbocycles. The summed E-state index contributed by atoms with van der Waals surface area (Å²) in [7, 11) is 0. The molecule has 0 spiro atoms. The Hall–Kier alpha value is -1.77. The van der Waals surface area contributed by atoms with Crippen molar-refractivity contribution in [3.05, 3.63) is 30.0 Å². The summed E-state index contributed by atoms with van der Waals surface area (Å²) in [5, 5.41) is 2.63. The van der Waals surface area contributed by atoms with E-state index in [4.69, 9.17) is 4.98 Å². The molecule has 0 bridgehead atoms. The first-order valence-corrected chi connectivity index (χ1v) is 10.0. The summed E-state index contributed by atoms with van der Waals surface area (Å²) in [6.45, 7) is 13.5. The van der Waals surface area contributed by atoms with E-state index in [1.807, 2.05) is 0 Å². The Bertz CT molecular complexity index is 704. The fourth-order valence-corrected chi connectivity index (χ4v) is 4.08. The maximum atomic E-state index is 4.96. The third-order valence-corrected chi connectivity index (χ3v) is 5.23. The van der Waals surface area contributed by atoms with Gasteiger partial charge in [-0.3, -0.25) is 0 Å². The van der Waals surface area contributed by atoms with Gasteiger partial charge in [-0.15, -0.1) is 0 Å². The van der Waals surface area contributed by atoms with Crippen molar-refractivity contribution in [3.8, 4) is 0 Å². The van der Waals surface area contributed by atoms with Crippen LogP contribution in [-0.4, -0.2) is 31.2 Å². The Kier molecular flexibility index (Phi) is 5.82. The van der Waals surface area contributed by atoms with Crippen LogP contribution in [0.15, 0.2) is 24.3 Å². The summed E-state index contributed by atoms with van der Waals surface area (Å²) in [6.07, 6.45) is 4.98. The second-order valence-corrected chi connectivity index (χ2v) is 7.67. The minimum absolute atomic E-state index is 0.756. The highest BCUT2D eigenvalue weighted by Crippen LogP contribution is 2.32. The maximum Gasteiger partial charge on any atom is 0.136 e. The van der Waals surface area contributed by atoms with Gasteiger partial charge in [-0.05, 0) is 62.1 Å². The van der Waals surface area contributed by atoms with Crippen LogP contribution in [0.1, 0.15) is 52.1 Å². The number of nitrogens with zero attached hydrogens (tertiary/aromatic N) is 3. The van der Waals surface area contributed by atoms with Gasteiger partial charge in [0, 0.05) is 42.9 Å². The minimum atomic E-state index is 0.756. The molecule has 1 atom stereocenters. The standard InChI is InChI=1S/C22H33N3/c1-5-11-24(12-6-2)20-10-9-19-14-18(4)23-22(21(19)15-20)25-13-7-8-17(3)16-25/h9-10,14-15,17H,5-8,11-13,16H2,1-4H3/t17-/m0/s1. The van der Waals surface area contributed by atoms with Crippen molar-refractivity contribution >= 4 is 22.3 Å². The quantitative estimate of drug-likeness (QED) is 0.702. The van der Waals surface area contributed by atoms with E-state index < -0.39 is 0 Å². The van der Waals surface area contributed by atoms with Crippen molar-refractivity contribution in [1.82, 2.24) is 4.98 Å². The van der Waals surface area contributed by atoms with Gasteiger partial charge >= 0.3 is 0 Å².